The van der Waals surface area contributed by atoms with Crippen molar-refractivity contribution in [1.29, 1.82) is 0 Å². The molecule has 0 heterocycles. The van der Waals surface area contributed by atoms with Crippen LogP contribution in [0.3, 0.4) is 0 Å². The molecule has 0 aliphatic carbocycles. The van der Waals surface area contributed by atoms with Crippen LogP contribution < -0.4 is 19.0 Å². The average Bonchev–Trinajstić information content (AvgIpc) is 1.71. The number of hydrogen-bond donors (Lipinski definition) is 1. The molecule has 0 aliphatic rings. The van der Waals surface area contributed by atoms with Crippen molar-refractivity contribution < 1.29 is 60.3 Å². The van der Waals surface area contributed by atoms with E-state index in [0.717, 1.165) is 7.05 Å². The van der Waals surface area contributed by atoms with E-state index in [0.29, 0.717) is 13.3 Å². The van der Waals surface area contributed by atoms with Gasteiger partial charge in [-0.1, -0.05) is 0 Å². The van der Waals surface area contributed by atoms with Gasteiger partial charge < -0.3 is 35.4 Å². The van der Waals surface area contributed by atoms with Crippen LogP contribution in [0.15, 0.2) is 0 Å². The first-order valence-electron chi connectivity index (χ1n) is 1.68. The quantitative estimate of drug-likeness (QED) is 0.115. The van der Waals surface area contributed by atoms with Crippen molar-refractivity contribution in [2.75, 3.05) is 14.1 Å². The molecule has 0 unspecified atom stereocenters. The Bertz CT molecular complexity index is 72.5. The minimum absolute atomic E-state index is 0. The summed E-state index contributed by atoms with van der Waals surface area (Å²) in [6.45, 7) is 0. The fraction of sp³-hybridized carbons (Fsp3) is 0.333. The number of nitrogens with two attached hydrogens (primary N) is 1. The van der Waals surface area contributed by atoms with Crippen LogP contribution in [-0.4, -0.2) is 35.8 Å². The summed E-state index contributed by atoms with van der Waals surface area (Å²) in [6, 6.07) is 0. The molecule has 2 N–H and O–H groups in total. The fourth-order valence-electron chi connectivity index (χ4n) is 0. The smallest absolute Gasteiger partial charge is 0.358 e. The summed E-state index contributed by atoms with van der Waals surface area (Å²) in [4.78, 5) is 8.31. The summed E-state index contributed by atoms with van der Waals surface area (Å²) in [6.07, 6.45) is 0. The minimum atomic E-state index is -0.500. The molecular weight excluding hydrogens is 902 g/mol. The molecule has 0 aromatic carbocycles. The molecule has 0 spiro atoms. The number of nitro groups is 1. The number of nitrogens with zero attached hydrogens (tertiary/aromatic N) is 1. The molecule has 0 rings (SSSR count). The Kier molecular flexibility index (Phi) is 652. The molecule has 106 valence electrons. The Morgan fingerprint density at radius 2 is 1.00 bits per heavy atom. The van der Waals surface area contributed by atoms with Crippen molar-refractivity contribution >= 4 is 54.1 Å². The third-order valence-corrected chi connectivity index (χ3v) is 0. The van der Waals surface area contributed by atoms with Gasteiger partial charge in [-0.3, -0.25) is 10.1 Å². The molecule has 0 fully saturated rings. The fourth-order valence-corrected chi connectivity index (χ4v) is 0. The summed E-state index contributed by atoms with van der Waals surface area (Å²) >= 11 is 5.30. The normalized spacial score (nSPS) is 3.12. The minimum Gasteiger partial charge on any atom is -0.358 e. The first kappa shape index (κ1) is 88.8. The van der Waals surface area contributed by atoms with Crippen LogP contribution in [0.1, 0.15) is 0 Å². The first-order valence-corrected chi connectivity index (χ1v) is 14.2. The van der Waals surface area contributed by atoms with Crippen LogP contribution in [0.25, 0.3) is 0 Å². The van der Waals surface area contributed by atoms with E-state index in [9.17, 15) is 0 Å². The zero-order valence-corrected chi connectivity index (χ0v) is 23.3. The summed E-state index contributed by atoms with van der Waals surface area (Å²) in [5, 5.41) is 8.81. The van der Waals surface area contributed by atoms with Gasteiger partial charge in [-0.2, -0.15) is 0 Å². The monoisotopic (exact) mass is 923 g/mol. The molecule has 0 bridgehead atoms. The largest absolute Gasteiger partial charge is 2.00 e. The molecule has 0 aromatic heterocycles. The Labute approximate surface area is 171 Å². The topological polar surface area (TPSA) is 69.2 Å². The predicted octanol–water partition coefficient (Wildman–Crippen LogP) is -0.722. The van der Waals surface area contributed by atoms with Crippen molar-refractivity contribution in [3.05, 3.63) is 39.8 Å². The second-order valence-electron chi connectivity index (χ2n) is 0.494. The maximum Gasteiger partial charge on any atom is 2.00 e. The van der Waals surface area contributed by atoms with Gasteiger partial charge in [0.1, 0.15) is 0 Å². The van der Waals surface area contributed by atoms with E-state index in [4.69, 9.17) is 10.1 Å². The molecule has 11 heteroatoms. The van der Waals surface area contributed by atoms with E-state index in [1.54, 1.807) is 0 Å². The third kappa shape index (κ3) is 593. The second-order valence-corrected chi connectivity index (χ2v) is 16.7. The summed E-state index contributed by atoms with van der Waals surface area (Å²) in [5.41, 5.74) is 4.50. The number of hydrogen-bond acceptors (Lipinski definition) is 3. The molecule has 0 saturated heterocycles. The van der Waals surface area contributed by atoms with Crippen molar-refractivity contribution in [3.8, 4) is 0 Å². The Morgan fingerprint density at radius 3 is 1.00 bits per heavy atom. The summed E-state index contributed by atoms with van der Waals surface area (Å²) < 4.78 is 0. The van der Waals surface area contributed by atoms with Gasteiger partial charge in [0.2, 0.25) is 0 Å². The number of halogens is 3. The maximum absolute atomic E-state index is 8.81. The zero-order valence-electron chi connectivity index (χ0n) is 10.9. The average molecular weight is 922 g/mol. The van der Waals surface area contributed by atoms with Gasteiger partial charge in [0.25, 0.3) is 0 Å². The Balaban J connectivity index is -0.00000000294. The van der Waals surface area contributed by atoms with Gasteiger partial charge in [0, 0.05) is 21.7 Å². The third-order valence-electron chi connectivity index (χ3n) is 0. The van der Waals surface area contributed by atoms with Crippen LogP contribution in [0.4, 0.5) is 0 Å². The Hall–Kier alpha value is 3.06. The van der Waals surface area contributed by atoms with E-state index in [-0.39, 0.29) is 88.7 Å². The van der Waals surface area contributed by atoms with Crippen LogP contribution in [0.2, 0.25) is 0 Å². The molecule has 0 atom stereocenters. The van der Waals surface area contributed by atoms with Crippen LogP contribution >= 0.6 is 37.2 Å². The van der Waals surface area contributed by atoms with Crippen LogP contribution in [-0.2, 0) is 42.1 Å². The maximum atomic E-state index is 8.81. The van der Waals surface area contributed by atoms with E-state index in [1.807, 2.05) is 0 Å². The molecule has 0 amide bonds. The SMILES string of the molecule is CN.C[N+](=O)[O-].I[I-]I.[B].[B].[CH3-].[CH3-].[CH3-].[CH3-].[W+2].[W+2]. The zero-order chi connectivity index (χ0) is 8.28. The molecular formula is C6H20B2I3N2O2W2-. The van der Waals surface area contributed by atoms with Gasteiger partial charge in [-0.05, 0) is 7.05 Å². The predicted molar refractivity (Wildman–Crippen MR) is 88.2 cm³/mol. The van der Waals surface area contributed by atoms with Gasteiger partial charge in [-0.25, -0.2) is 0 Å². The van der Waals surface area contributed by atoms with E-state index < -0.39 is 4.92 Å². The number of rotatable bonds is 0. The van der Waals surface area contributed by atoms with Gasteiger partial charge in [-0.15, -0.1) is 0 Å². The molecule has 0 aliphatic heterocycles. The Morgan fingerprint density at radius 1 is 1.00 bits per heavy atom. The van der Waals surface area contributed by atoms with E-state index in [2.05, 4.69) is 43.0 Å². The van der Waals surface area contributed by atoms with Gasteiger partial charge >= 0.3 is 92.6 Å². The molecule has 17 heavy (non-hydrogen) atoms. The summed E-state index contributed by atoms with van der Waals surface area (Å²) in [7, 11) is 2.39. The standard InChI is InChI=1S/CH3NO2.CH5N.4CH3.2B.I3.2W/c1-2(3)4;1-2;;;;;;;1-3-2;;/h1H3;2H2,1H3;4*1H3;;;;;/q;;4*-1;;;-1;2*+2. The summed E-state index contributed by atoms with van der Waals surface area (Å²) in [5.74, 6) is 0. The molecule has 6 radical (unpaired) electrons. The molecule has 0 aromatic rings. The van der Waals surface area contributed by atoms with Crippen molar-refractivity contribution in [3.63, 3.8) is 0 Å². The molecule has 0 saturated carbocycles. The second kappa shape index (κ2) is 125. The molecule has 4 nitrogen and oxygen atoms in total. The van der Waals surface area contributed by atoms with Crippen LogP contribution in [0, 0.1) is 39.8 Å². The van der Waals surface area contributed by atoms with Crippen molar-refractivity contribution in [2.45, 2.75) is 0 Å². The van der Waals surface area contributed by atoms with Gasteiger partial charge in [0.05, 0.1) is 0 Å². The van der Waals surface area contributed by atoms with Gasteiger partial charge in [0.15, 0.2) is 7.05 Å². The first-order chi connectivity index (χ1) is 4.15. The van der Waals surface area contributed by atoms with Crippen LogP contribution in [0.5, 0.6) is 0 Å². The van der Waals surface area contributed by atoms with E-state index in [1.165, 1.54) is 7.05 Å². The van der Waals surface area contributed by atoms with E-state index >= 15 is 0 Å². The van der Waals surface area contributed by atoms with Crippen molar-refractivity contribution in [1.82, 2.24) is 0 Å². The van der Waals surface area contributed by atoms with Crippen molar-refractivity contribution in [2.24, 2.45) is 5.73 Å².